The summed E-state index contributed by atoms with van der Waals surface area (Å²) in [4.78, 5) is 15.7. The number of hydrogen-bond acceptors (Lipinski definition) is 3. The third-order valence-electron chi connectivity index (χ3n) is 3.18. The fourth-order valence-corrected chi connectivity index (χ4v) is 2.13. The van der Waals surface area contributed by atoms with Gasteiger partial charge in [0.1, 0.15) is 0 Å². The molecule has 0 aromatic heterocycles. The van der Waals surface area contributed by atoms with Crippen LogP contribution >= 0.6 is 24.0 Å². The zero-order valence-corrected chi connectivity index (χ0v) is 12.0. The van der Waals surface area contributed by atoms with Crippen LogP contribution in [0.1, 0.15) is 15.9 Å². The minimum Gasteiger partial charge on any atom is -0.304 e. The van der Waals surface area contributed by atoms with Crippen LogP contribution in [0.5, 0.6) is 0 Å². The fraction of sp³-hybridized carbons (Fsp3) is 0.462. The highest BCUT2D eigenvalue weighted by atomic mass is 35.5. The molecule has 0 saturated carbocycles. The van der Waals surface area contributed by atoms with Gasteiger partial charge in [-0.05, 0) is 36.3 Å². The predicted molar refractivity (Wildman–Crippen MR) is 76.6 cm³/mol. The quantitative estimate of drug-likeness (QED) is 0.797. The van der Waals surface area contributed by atoms with Crippen molar-refractivity contribution < 1.29 is 4.79 Å². The second-order valence-corrected chi connectivity index (χ2v) is 4.89. The van der Waals surface area contributed by atoms with Crippen molar-refractivity contribution in [2.45, 2.75) is 6.54 Å². The molecule has 1 heterocycles. The van der Waals surface area contributed by atoms with E-state index in [1.165, 1.54) is 5.56 Å². The van der Waals surface area contributed by atoms with Crippen LogP contribution in [0.25, 0.3) is 0 Å². The lowest BCUT2D eigenvalue weighted by Gasteiger charge is -2.32. The summed E-state index contributed by atoms with van der Waals surface area (Å²) in [7, 11) is 2.15. The lowest BCUT2D eigenvalue weighted by atomic mass is 10.1. The molecule has 0 unspecified atom stereocenters. The number of carbonyl (C=O) groups is 1. The number of benzene rings is 1. The van der Waals surface area contributed by atoms with Gasteiger partial charge >= 0.3 is 0 Å². The third kappa shape index (κ3) is 4.25. The molecule has 0 N–H and O–H groups in total. The van der Waals surface area contributed by atoms with Gasteiger partial charge < -0.3 is 4.90 Å². The number of likely N-dealkylation sites (N-methyl/N-ethyl adjacent to an activating group) is 1. The number of rotatable bonds is 3. The molecular formula is C13H18Cl2N2O. The molecular weight excluding hydrogens is 271 g/mol. The maximum atomic E-state index is 10.9. The lowest BCUT2D eigenvalue weighted by Crippen LogP contribution is -2.43. The van der Waals surface area contributed by atoms with Crippen LogP contribution in [0, 0.1) is 0 Å². The molecule has 18 heavy (non-hydrogen) atoms. The number of hydrogen-bond donors (Lipinski definition) is 0. The second-order valence-electron chi connectivity index (χ2n) is 4.55. The van der Waals surface area contributed by atoms with Crippen LogP contribution in [0.2, 0.25) is 0 Å². The summed E-state index contributed by atoms with van der Waals surface area (Å²) in [6, 6.07) is 7.54. The number of piperazine rings is 1. The van der Waals surface area contributed by atoms with Crippen LogP contribution in [-0.2, 0) is 6.54 Å². The van der Waals surface area contributed by atoms with Gasteiger partial charge in [-0.2, -0.15) is 0 Å². The Balaban J connectivity index is 0.00000162. The van der Waals surface area contributed by atoms with Crippen molar-refractivity contribution in [1.29, 1.82) is 0 Å². The Kier molecular flexibility index (Phi) is 6.09. The first-order valence-corrected chi connectivity index (χ1v) is 6.22. The number of nitrogens with zero attached hydrogens (tertiary/aromatic N) is 2. The summed E-state index contributed by atoms with van der Waals surface area (Å²) in [5.41, 5.74) is 1.80. The lowest BCUT2D eigenvalue weighted by molar-refractivity contribution is 0.108. The maximum absolute atomic E-state index is 10.9. The Morgan fingerprint density at radius 1 is 1.17 bits per heavy atom. The Morgan fingerprint density at radius 3 is 2.22 bits per heavy atom. The maximum Gasteiger partial charge on any atom is 0.252 e. The first-order chi connectivity index (χ1) is 8.15. The SMILES string of the molecule is CN1CCN(Cc2ccc(C(=O)Cl)cc2)CC1.Cl. The molecule has 1 aliphatic heterocycles. The average Bonchev–Trinajstić information content (AvgIpc) is 2.33. The van der Waals surface area contributed by atoms with Crippen molar-refractivity contribution in [1.82, 2.24) is 9.80 Å². The third-order valence-corrected chi connectivity index (χ3v) is 3.40. The van der Waals surface area contributed by atoms with Gasteiger partial charge in [0.25, 0.3) is 5.24 Å². The van der Waals surface area contributed by atoms with Crippen molar-refractivity contribution in [2.24, 2.45) is 0 Å². The average molecular weight is 289 g/mol. The van der Waals surface area contributed by atoms with Gasteiger partial charge in [-0.25, -0.2) is 0 Å². The summed E-state index contributed by atoms with van der Waals surface area (Å²) >= 11 is 5.41. The van der Waals surface area contributed by atoms with Crippen LogP contribution < -0.4 is 0 Å². The predicted octanol–water partition coefficient (Wildman–Crippen LogP) is 2.23. The standard InChI is InChI=1S/C13H17ClN2O.ClH/c1-15-6-8-16(9-7-15)10-11-2-4-12(5-3-11)13(14)17;/h2-5H,6-10H2,1H3;1H. The molecule has 2 rings (SSSR count). The topological polar surface area (TPSA) is 23.6 Å². The van der Waals surface area contributed by atoms with Gasteiger partial charge in [0.2, 0.25) is 0 Å². The summed E-state index contributed by atoms with van der Waals surface area (Å²) in [5.74, 6) is 0. The molecule has 0 amide bonds. The molecule has 0 spiro atoms. The number of halogens is 2. The van der Waals surface area contributed by atoms with E-state index in [2.05, 4.69) is 16.8 Å². The first kappa shape index (κ1) is 15.4. The van der Waals surface area contributed by atoms with Crippen LogP contribution in [0.4, 0.5) is 0 Å². The zero-order valence-electron chi connectivity index (χ0n) is 10.4. The van der Waals surface area contributed by atoms with Gasteiger partial charge in [0.15, 0.2) is 0 Å². The Bertz CT molecular complexity index is 386. The van der Waals surface area contributed by atoms with E-state index in [1.54, 1.807) is 12.1 Å². The van der Waals surface area contributed by atoms with Gasteiger partial charge in [0, 0.05) is 38.3 Å². The van der Waals surface area contributed by atoms with Gasteiger partial charge in [0.05, 0.1) is 0 Å². The van der Waals surface area contributed by atoms with E-state index in [-0.39, 0.29) is 12.4 Å². The highest BCUT2D eigenvalue weighted by Crippen LogP contribution is 2.10. The first-order valence-electron chi connectivity index (χ1n) is 5.85. The molecule has 3 nitrogen and oxygen atoms in total. The Morgan fingerprint density at radius 2 is 1.72 bits per heavy atom. The minimum atomic E-state index is -0.392. The van der Waals surface area contributed by atoms with E-state index in [4.69, 9.17) is 11.6 Å². The van der Waals surface area contributed by atoms with Crippen LogP contribution in [0.15, 0.2) is 24.3 Å². The number of carbonyl (C=O) groups excluding carboxylic acids is 1. The zero-order chi connectivity index (χ0) is 12.3. The normalized spacial score (nSPS) is 17.2. The van der Waals surface area contributed by atoms with Crippen LogP contribution in [-0.4, -0.2) is 48.3 Å². The summed E-state index contributed by atoms with van der Waals surface area (Å²) in [5, 5.41) is -0.392. The molecule has 0 atom stereocenters. The monoisotopic (exact) mass is 288 g/mol. The molecule has 1 aliphatic rings. The van der Waals surface area contributed by atoms with Gasteiger partial charge in [-0.1, -0.05) is 12.1 Å². The minimum absolute atomic E-state index is 0. The summed E-state index contributed by atoms with van der Waals surface area (Å²) in [6.45, 7) is 5.40. The van der Waals surface area contributed by atoms with Crippen molar-refractivity contribution in [3.05, 3.63) is 35.4 Å². The molecule has 1 saturated heterocycles. The Hall–Kier alpha value is -0.610. The molecule has 5 heteroatoms. The van der Waals surface area contributed by atoms with E-state index >= 15 is 0 Å². The van der Waals surface area contributed by atoms with Crippen molar-refractivity contribution in [3.63, 3.8) is 0 Å². The van der Waals surface area contributed by atoms with E-state index in [1.807, 2.05) is 12.1 Å². The van der Waals surface area contributed by atoms with E-state index in [0.29, 0.717) is 5.56 Å². The molecule has 100 valence electrons. The highest BCUT2D eigenvalue weighted by Gasteiger charge is 2.13. The summed E-state index contributed by atoms with van der Waals surface area (Å²) < 4.78 is 0. The molecule has 0 radical (unpaired) electrons. The van der Waals surface area contributed by atoms with Gasteiger partial charge in [-0.3, -0.25) is 9.69 Å². The molecule has 0 bridgehead atoms. The van der Waals surface area contributed by atoms with E-state index in [0.717, 1.165) is 32.7 Å². The molecule has 1 aromatic carbocycles. The Labute approximate surface area is 119 Å². The second kappa shape index (κ2) is 7.10. The van der Waals surface area contributed by atoms with Crippen molar-refractivity contribution in [2.75, 3.05) is 33.2 Å². The van der Waals surface area contributed by atoms with Crippen LogP contribution in [0.3, 0.4) is 0 Å². The largest absolute Gasteiger partial charge is 0.304 e. The fourth-order valence-electron chi connectivity index (χ4n) is 2.01. The van der Waals surface area contributed by atoms with Crippen molar-refractivity contribution >= 4 is 29.3 Å². The smallest absolute Gasteiger partial charge is 0.252 e. The molecule has 1 fully saturated rings. The highest BCUT2D eigenvalue weighted by molar-refractivity contribution is 6.67. The van der Waals surface area contributed by atoms with E-state index in [9.17, 15) is 4.79 Å². The van der Waals surface area contributed by atoms with Gasteiger partial charge in [-0.15, -0.1) is 12.4 Å². The molecule has 0 aliphatic carbocycles. The van der Waals surface area contributed by atoms with E-state index < -0.39 is 5.24 Å². The summed E-state index contributed by atoms with van der Waals surface area (Å²) in [6.07, 6.45) is 0. The van der Waals surface area contributed by atoms with Crippen molar-refractivity contribution in [3.8, 4) is 0 Å². The molecule has 1 aromatic rings.